The summed E-state index contributed by atoms with van der Waals surface area (Å²) < 4.78 is 5.09. The minimum atomic E-state index is -0.518. The molecular formula is C17H19N3O4. The zero-order valence-corrected chi connectivity index (χ0v) is 13.5. The minimum Gasteiger partial charge on any atom is -0.494 e. The quantitative estimate of drug-likeness (QED) is 0.601. The largest absolute Gasteiger partial charge is 0.494 e. The Labute approximate surface area is 139 Å². The van der Waals surface area contributed by atoms with E-state index >= 15 is 0 Å². The van der Waals surface area contributed by atoms with E-state index in [1.807, 2.05) is 24.3 Å². The summed E-state index contributed by atoms with van der Waals surface area (Å²) >= 11 is 0. The first-order chi connectivity index (χ1) is 11.5. The maximum absolute atomic E-state index is 12.0. The number of hydrogen-bond acceptors (Lipinski definition) is 5. The Morgan fingerprint density at radius 3 is 2.50 bits per heavy atom. The van der Waals surface area contributed by atoms with E-state index in [0.29, 0.717) is 5.69 Å². The van der Waals surface area contributed by atoms with Gasteiger partial charge in [-0.25, -0.2) is 0 Å². The lowest BCUT2D eigenvalue weighted by Crippen LogP contribution is -2.22. The first-order valence-corrected chi connectivity index (χ1v) is 7.48. The smallest absolute Gasteiger partial charge is 0.273 e. The van der Waals surface area contributed by atoms with Crippen LogP contribution in [0.15, 0.2) is 42.5 Å². The number of anilines is 2. The maximum atomic E-state index is 12.0. The fourth-order valence-electron chi connectivity index (χ4n) is 2.13. The van der Waals surface area contributed by atoms with Crippen LogP contribution in [-0.2, 0) is 11.2 Å². The zero-order chi connectivity index (χ0) is 17.5. The fourth-order valence-corrected chi connectivity index (χ4v) is 2.13. The van der Waals surface area contributed by atoms with Crippen LogP contribution in [0.4, 0.5) is 17.1 Å². The number of carbonyl (C=O) groups is 1. The summed E-state index contributed by atoms with van der Waals surface area (Å²) in [5.41, 5.74) is 2.36. The van der Waals surface area contributed by atoms with Crippen LogP contribution in [0.3, 0.4) is 0 Å². The summed E-state index contributed by atoms with van der Waals surface area (Å²) in [7, 11) is 1.39. The number of rotatable bonds is 7. The lowest BCUT2D eigenvalue weighted by molar-refractivity contribution is -0.384. The molecule has 2 aromatic carbocycles. The molecule has 0 aliphatic carbocycles. The van der Waals surface area contributed by atoms with E-state index in [1.54, 1.807) is 0 Å². The van der Waals surface area contributed by atoms with Gasteiger partial charge in [0, 0.05) is 11.8 Å². The van der Waals surface area contributed by atoms with Gasteiger partial charge in [0.05, 0.1) is 30.3 Å². The topological polar surface area (TPSA) is 93.5 Å². The van der Waals surface area contributed by atoms with Crippen molar-refractivity contribution in [3.8, 4) is 5.75 Å². The SMILES string of the molecule is CCc1ccc(NCC(=O)Nc2ccc([N+](=O)[O-])cc2OC)cc1. The standard InChI is InChI=1S/C17H19N3O4/c1-3-12-4-6-13(7-5-12)18-11-17(21)19-15-9-8-14(20(22)23)10-16(15)24-2/h4-10,18H,3,11H2,1-2H3,(H,19,21). The molecule has 7 heteroatoms. The number of amides is 1. The molecule has 0 spiro atoms. The number of methoxy groups -OCH3 is 1. The first kappa shape index (κ1) is 17.3. The number of nitrogens with zero attached hydrogens (tertiary/aromatic N) is 1. The van der Waals surface area contributed by atoms with Gasteiger partial charge in [0.15, 0.2) is 0 Å². The molecule has 0 fully saturated rings. The van der Waals surface area contributed by atoms with Crippen molar-refractivity contribution in [2.75, 3.05) is 24.3 Å². The van der Waals surface area contributed by atoms with Crippen LogP contribution in [-0.4, -0.2) is 24.5 Å². The molecule has 24 heavy (non-hydrogen) atoms. The van der Waals surface area contributed by atoms with Gasteiger partial charge < -0.3 is 15.4 Å². The molecular weight excluding hydrogens is 310 g/mol. The van der Waals surface area contributed by atoms with Crippen molar-refractivity contribution >= 4 is 23.0 Å². The molecule has 0 aliphatic heterocycles. The van der Waals surface area contributed by atoms with Gasteiger partial charge in [-0.15, -0.1) is 0 Å². The monoisotopic (exact) mass is 329 g/mol. The van der Waals surface area contributed by atoms with Crippen molar-refractivity contribution in [3.63, 3.8) is 0 Å². The maximum Gasteiger partial charge on any atom is 0.273 e. The van der Waals surface area contributed by atoms with Gasteiger partial charge in [-0.1, -0.05) is 19.1 Å². The zero-order valence-electron chi connectivity index (χ0n) is 13.5. The number of benzene rings is 2. The second-order valence-electron chi connectivity index (χ2n) is 5.09. The molecule has 0 atom stereocenters. The van der Waals surface area contributed by atoms with Gasteiger partial charge >= 0.3 is 0 Å². The van der Waals surface area contributed by atoms with Crippen LogP contribution < -0.4 is 15.4 Å². The third-order valence-electron chi connectivity index (χ3n) is 3.49. The molecule has 7 nitrogen and oxygen atoms in total. The Morgan fingerprint density at radius 2 is 1.92 bits per heavy atom. The third kappa shape index (κ3) is 4.45. The average Bonchev–Trinajstić information content (AvgIpc) is 2.60. The molecule has 126 valence electrons. The number of carbonyl (C=O) groups excluding carboxylic acids is 1. The molecule has 2 N–H and O–H groups in total. The second-order valence-corrected chi connectivity index (χ2v) is 5.09. The minimum absolute atomic E-state index is 0.0750. The van der Waals surface area contributed by atoms with Crippen molar-refractivity contribution in [2.45, 2.75) is 13.3 Å². The lowest BCUT2D eigenvalue weighted by Gasteiger charge is -2.11. The van der Waals surface area contributed by atoms with Crippen molar-refractivity contribution < 1.29 is 14.5 Å². The van der Waals surface area contributed by atoms with Crippen LogP contribution in [0.1, 0.15) is 12.5 Å². The fraction of sp³-hybridized carbons (Fsp3) is 0.235. The van der Waals surface area contributed by atoms with E-state index in [-0.39, 0.29) is 23.9 Å². The Bertz CT molecular complexity index is 729. The Kier molecular flexibility index (Phi) is 5.73. The highest BCUT2D eigenvalue weighted by Gasteiger charge is 2.13. The Balaban J connectivity index is 1.97. The molecule has 0 heterocycles. The van der Waals surface area contributed by atoms with E-state index in [2.05, 4.69) is 17.6 Å². The highest BCUT2D eigenvalue weighted by atomic mass is 16.6. The van der Waals surface area contributed by atoms with Crippen molar-refractivity contribution in [2.24, 2.45) is 0 Å². The van der Waals surface area contributed by atoms with Gasteiger partial charge in [-0.05, 0) is 30.2 Å². The number of nitro benzene ring substituents is 1. The molecule has 2 aromatic rings. The highest BCUT2D eigenvalue weighted by molar-refractivity contribution is 5.95. The highest BCUT2D eigenvalue weighted by Crippen LogP contribution is 2.28. The molecule has 2 rings (SSSR count). The summed E-state index contributed by atoms with van der Waals surface area (Å²) in [4.78, 5) is 22.3. The second kappa shape index (κ2) is 7.96. The molecule has 0 saturated carbocycles. The van der Waals surface area contributed by atoms with Crippen molar-refractivity contribution in [1.29, 1.82) is 0 Å². The molecule has 0 unspecified atom stereocenters. The Hall–Kier alpha value is -3.09. The molecule has 0 bridgehead atoms. The molecule has 0 aromatic heterocycles. The van der Waals surface area contributed by atoms with Gasteiger partial charge in [-0.2, -0.15) is 0 Å². The molecule has 0 aliphatic rings. The van der Waals surface area contributed by atoms with Gasteiger partial charge in [0.25, 0.3) is 5.69 Å². The summed E-state index contributed by atoms with van der Waals surface area (Å²) in [6, 6.07) is 11.9. The average molecular weight is 329 g/mol. The Morgan fingerprint density at radius 1 is 1.21 bits per heavy atom. The molecule has 1 amide bonds. The number of ether oxygens (including phenoxy) is 1. The predicted octanol–water partition coefficient (Wildman–Crippen LogP) is 3.22. The van der Waals surface area contributed by atoms with Crippen LogP contribution in [0.2, 0.25) is 0 Å². The van der Waals surface area contributed by atoms with Gasteiger partial charge in [0.2, 0.25) is 5.91 Å². The van der Waals surface area contributed by atoms with E-state index < -0.39 is 4.92 Å². The van der Waals surface area contributed by atoms with Gasteiger partial charge in [0.1, 0.15) is 5.75 Å². The number of hydrogen-bond donors (Lipinski definition) is 2. The van der Waals surface area contributed by atoms with E-state index in [1.165, 1.54) is 30.9 Å². The molecule has 0 radical (unpaired) electrons. The van der Waals surface area contributed by atoms with Crippen molar-refractivity contribution in [3.05, 3.63) is 58.1 Å². The predicted molar refractivity (Wildman–Crippen MR) is 92.6 cm³/mol. The van der Waals surface area contributed by atoms with Crippen LogP contribution >= 0.6 is 0 Å². The summed E-state index contributed by atoms with van der Waals surface area (Å²) in [5.74, 6) is -0.0356. The van der Waals surface area contributed by atoms with Gasteiger partial charge in [-0.3, -0.25) is 14.9 Å². The van der Waals surface area contributed by atoms with E-state index in [0.717, 1.165) is 12.1 Å². The van der Waals surface area contributed by atoms with Crippen LogP contribution in [0.5, 0.6) is 5.75 Å². The van der Waals surface area contributed by atoms with Crippen LogP contribution in [0, 0.1) is 10.1 Å². The lowest BCUT2D eigenvalue weighted by atomic mass is 10.1. The molecule has 0 saturated heterocycles. The first-order valence-electron chi connectivity index (χ1n) is 7.48. The third-order valence-corrected chi connectivity index (χ3v) is 3.49. The summed E-state index contributed by atoms with van der Waals surface area (Å²) in [5, 5.41) is 16.5. The van der Waals surface area contributed by atoms with Crippen molar-refractivity contribution in [1.82, 2.24) is 0 Å². The van der Waals surface area contributed by atoms with Crippen LogP contribution in [0.25, 0.3) is 0 Å². The van der Waals surface area contributed by atoms with E-state index in [4.69, 9.17) is 4.74 Å². The number of aryl methyl sites for hydroxylation is 1. The van der Waals surface area contributed by atoms with E-state index in [9.17, 15) is 14.9 Å². The number of nitro groups is 1. The number of non-ortho nitro benzene ring substituents is 1. The summed E-state index contributed by atoms with van der Waals surface area (Å²) in [6.07, 6.45) is 0.959. The summed E-state index contributed by atoms with van der Waals surface area (Å²) in [6.45, 7) is 2.15. The normalized spacial score (nSPS) is 10.1. The number of nitrogens with one attached hydrogen (secondary N) is 2.